The molecule has 720 valence electrons. The first kappa shape index (κ1) is 100. The van der Waals surface area contributed by atoms with Gasteiger partial charge in [-0.3, -0.25) is 34.2 Å². The number of hydrogen-bond donors (Lipinski definition) is 10. The molecule has 19 rings (SSSR count). The number of imidazole rings is 1. The molecule has 0 atom stereocenters. The van der Waals surface area contributed by atoms with Crippen LogP contribution in [0.2, 0.25) is 25.1 Å². The van der Waals surface area contributed by atoms with E-state index in [1.807, 2.05) is 185 Å². The lowest BCUT2D eigenvalue weighted by atomic mass is 10.0. The molecule has 0 saturated heterocycles. The molecule has 0 aliphatic rings. The zero-order valence-electron chi connectivity index (χ0n) is 77.9. The summed E-state index contributed by atoms with van der Waals surface area (Å²) in [6, 6.07) is 56.6. The molecule has 0 aliphatic carbocycles. The lowest BCUT2D eigenvalue weighted by Crippen LogP contribution is -2.18. The summed E-state index contributed by atoms with van der Waals surface area (Å²) in [5, 5.41) is 60.6. The summed E-state index contributed by atoms with van der Waals surface area (Å²) in [6.45, 7) is 14.1. The molecule has 0 aliphatic heterocycles. The Balaban J connectivity index is 0.000000135. The maximum absolute atomic E-state index is 12.1. The van der Waals surface area contributed by atoms with E-state index in [0.29, 0.717) is 107 Å². The minimum Gasteiger partial charge on any atom is -0.508 e. The maximum atomic E-state index is 12.1. The zero-order valence-corrected chi connectivity index (χ0v) is 81.7. The molecule has 34 nitrogen and oxygen atoms in total. The second-order valence-corrected chi connectivity index (χ2v) is 34.6. The van der Waals surface area contributed by atoms with Crippen molar-refractivity contribution in [2.45, 2.75) is 81.1 Å². The van der Waals surface area contributed by atoms with Crippen LogP contribution in [0.5, 0.6) is 5.75 Å². The average molecular weight is 2010 g/mol. The number of nitrogens with one attached hydrogen (secondary N) is 7. The van der Waals surface area contributed by atoms with Crippen molar-refractivity contribution in [1.82, 2.24) is 104 Å². The largest absolute Gasteiger partial charge is 0.508 e. The zero-order chi connectivity index (χ0) is 101. The number of anilines is 4. The van der Waals surface area contributed by atoms with Crippen molar-refractivity contribution in [1.29, 1.82) is 0 Å². The van der Waals surface area contributed by atoms with E-state index in [-0.39, 0.29) is 46.6 Å². The summed E-state index contributed by atoms with van der Waals surface area (Å²) < 4.78 is 8.68. The number of hydrogen-bond acceptors (Lipinski definition) is 20. The predicted molar refractivity (Wildman–Crippen MR) is 553 cm³/mol. The third-order valence-corrected chi connectivity index (χ3v) is 23.6. The Morgan fingerprint density at radius 2 is 0.951 bits per heavy atom. The van der Waals surface area contributed by atoms with Crippen LogP contribution in [-0.2, 0) is 32.0 Å². The predicted octanol–water partition coefficient (Wildman–Crippen LogP) is 21.6. The fourth-order valence-electron chi connectivity index (χ4n) is 14.9. The number of carboxylic acids is 1. The first-order valence-corrected chi connectivity index (χ1v) is 46.4. The Bertz CT molecular complexity index is 7810. The van der Waals surface area contributed by atoms with E-state index in [2.05, 4.69) is 91.6 Å². The van der Waals surface area contributed by atoms with Crippen molar-refractivity contribution >= 4 is 117 Å². The van der Waals surface area contributed by atoms with Crippen LogP contribution in [0.3, 0.4) is 0 Å². The van der Waals surface area contributed by atoms with Crippen LogP contribution in [0.25, 0.3) is 119 Å². The number of rotatable bonds is 25. The summed E-state index contributed by atoms with van der Waals surface area (Å²) in [7, 11) is 0. The highest BCUT2D eigenvalue weighted by Gasteiger charge is 2.26. The Morgan fingerprint density at radius 1 is 0.441 bits per heavy atom. The highest BCUT2D eigenvalue weighted by atomic mass is 35.5. The second-order valence-electron chi connectivity index (χ2n) is 32.5. The van der Waals surface area contributed by atoms with Gasteiger partial charge in [0.25, 0.3) is 5.91 Å². The number of carbonyl (C=O) groups excluding carboxylic acids is 5. The van der Waals surface area contributed by atoms with Crippen LogP contribution >= 0.6 is 58.0 Å². The molecule has 5 amide bonds. The SMILES string of the molecule is CC(=O)Nc1cc(-n2cc(-c3ccn[nH]3)c(-c3ccccc3Cl)n2)ccn1.CC(=O)Nc1cc(-n2cc(-c3ncc[nH]3)c(-c3ccccc3Cl)n2)c(C)cn1.CCC(=O)Nc1cc(-n2cc(C(N)=O)c(-c3ccccc3Cl)c2)c(C)cn1.Cc1cnc(NC(=O)C(C)C)cc1-n1cc(-c2ncn[nH]2)c(-c2ccccc2Cl)c1.O=C(O)c1cn(-c2ccnc(CCCc3ccc(O)cc3)n2)nc1-c1ccccc1Cl. The molecular weight excluding hydrogens is 1920 g/mol. The van der Waals surface area contributed by atoms with Crippen LogP contribution in [0.4, 0.5) is 23.3 Å². The molecule has 143 heavy (non-hydrogen) atoms. The van der Waals surface area contributed by atoms with E-state index in [9.17, 15) is 39.0 Å². The van der Waals surface area contributed by atoms with Crippen LogP contribution in [0.15, 0.2) is 287 Å². The molecule has 0 bridgehead atoms. The van der Waals surface area contributed by atoms with Crippen molar-refractivity contribution in [3.8, 4) is 124 Å². The van der Waals surface area contributed by atoms with E-state index < -0.39 is 11.9 Å². The number of phenols is 1. The molecule has 0 radical (unpaired) electrons. The van der Waals surface area contributed by atoms with Crippen molar-refractivity contribution in [3.63, 3.8) is 0 Å². The summed E-state index contributed by atoms with van der Waals surface area (Å²) in [6.07, 6.45) is 30.3. The number of pyridine rings is 4. The van der Waals surface area contributed by atoms with Gasteiger partial charge in [-0.1, -0.05) is 182 Å². The summed E-state index contributed by atoms with van der Waals surface area (Å²) in [5.41, 5.74) is 23.5. The van der Waals surface area contributed by atoms with Gasteiger partial charge < -0.3 is 51.3 Å². The van der Waals surface area contributed by atoms with E-state index in [0.717, 1.165) is 114 Å². The normalized spacial score (nSPS) is 10.8. The van der Waals surface area contributed by atoms with Crippen LogP contribution in [-0.4, -0.2) is 149 Å². The average Bonchev–Trinajstić information content (AvgIpc) is 1.51. The number of phenolic OH excluding ortho intramolecular Hbond substituents is 1. The molecule has 0 unspecified atom stereocenters. The number of aromatic carboxylic acids is 1. The Hall–Kier alpha value is -17.2. The quantitative estimate of drug-likeness (QED) is 0.0254. The van der Waals surface area contributed by atoms with Gasteiger partial charge >= 0.3 is 5.97 Å². The standard InChI is InChI=1S/C23H19ClN4O3.C22H21ClN6O.C20H17ClN6O.C20H19ClN4O2.C19H15ClN6O/c24-19-6-2-1-5-17(19)22-18(23(30)31)14-28(27-22)21-12-13-25-20(26-21)7-3-4-15-8-10-16(29)11-9-15;1-13(2)22(30)27-20-8-19(14(3)9-24-20)29-10-16(15-6-4-5-7-18(15)23)17(11-29)21-25-12-26-28-21;1-12-10-24-18(25-13(2)28)9-17(12)27-11-15(20-22-7-8-23-20)19(26-27)14-5-3-4-6-16(14)21;1-3-19(26)24-18-8-17(12(2)9-23-18)25-10-14(15(11-25)20(22)27)13-6-4-5-7-16(13)21;1-12(27)23-18-10-13(6-8-21-18)26-11-15(17-7-9-22-24-17)19(25-26)14-4-2-3-5-16(14)20/h1-2,5-6,8-14,29H,3-4,7H2,(H,30,31);4-13H,1-3H3,(H,24,27,30)(H,25,26,28);3-11H,1-2H3,(H,22,23)(H,24,25,28);4-11H,3H2,1-2H3,(H2,22,27)(H,23,24,26);2-11H,1H3,(H,22,24)(H,21,23,27). The lowest BCUT2D eigenvalue weighted by molar-refractivity contribution is -0.119. The highest BCUT2D eigenvalue weighted by molar-refractivity contribution is 6.35. The fourth-order valence-corrected chi connectivity index (χ4v) is 16.0. The van der Waals surface area contributed by atoms with Gasteiger partial charge in [0.2, 0.25) is 23.6 Å². The van der Waals surface area contributed by atoms with Crippen LogP contribution < -0.4 is 27.0 Å². The third-order valence-electron chi connectivity index (χ3n) is 22.0. The van der Waals surface area contributed by atoms with Crippen molar-refractivity contribution in [2.75, 3.05) is 21.3 Å². The maximum Gasteiger partial charge on any atom is 0.339 e. The number of halogens is 5. The highest BCUT2D eigenvalue weighted by Crippen LogP contribution is 2.41. The topological polar surface area (TPSA) is 457 Å². The molecule has 19 aromatic rings. The van der Waals surface area contributed by atoms with Gasteiger partial charge in [-0.05, 0) is 110 Å². The van der Waals surface area contributed by atoms with Gasteiger partial charge in [0.15, 0.2) is 11.6 Å². The van der Waals surface area contributed by atoms with Gasteiger partial charge in [0, 0.05) is 216 Å². The summed E-state index contributed by atoms with van der Waals surface area (Å²) in [5.74, 6) is 2.22. The monoisotopic (exact) mass is 2010 g/mol. The fraction of sp³-hybridized carbons (Fsp3) is 0.125. The van der Waals surface area contributed by atoms with Crippen LogP contribution in [0, 0.1) is 26.7 Å². The van der Waals surface area contributed by atoms with Gasteiger partial charge in [-0.25, -0.2) is 58.7 Å². The first-order chi connectivity index (χ1) is 69.0. The van der Waals surface area contributed by atoms with Gasteiger partial charge in [0.05, 0.1) is 54.6 Å². The van der Waals surface area contributed by atoms with Gasteiger partial charge in [-0.2, -0.15) is 25.5 Å². The number of benzene rings is 6. The number of carboxylic acid groups (broad SMARTS) is 1. The molecule has 13 heterocycles. The van der Waals surface area contributed by atoms with Crippen molar-refractivity contribution < 1.29 is 39.0 Å². The molecule has 39 heteroatoms. The number of nitrogens with zero attached hydrogens (tertiary/aromatic N) is 18. The van der Waals surface area contributed by atoms with Gasteiger partial charge in [-0.15, -0.1) is 0 Å². The number of aryl methyl sites for hydroxylation is 5. The number of aromatic nitrogens is 21. The number of nitrogens with two attached hydrogens (primary N) is 1. The third kappa shape index (κ3) is 24.7. The van der Waals surface area contributed by atoms with E-state index >= 15 is 0 Å². The second kappa shape index (κ2) is 46.1. The van der Waals surface area contributed by atoms with Gasteiger partial charge in [0.1, 0.15) is 69.6 Å². The minimum absolute atomic E-state index is 0.0422. The van der Waals surface area contributed by atoms with E-state index in [4.69, 9.17) is 73.9 Å². The molecule has 11 N–H and O–H groups in total. The van der Waals surface area contributed by atoms with E-state index in [1.54, 1.807) is 150 Å². The molecule has 0 saturated carbocycles. The smallest absolute Gasteiger partial charge is 0.339 e. The molecular formula is C104H91Cl5N26O8. The van der Waals surface area contributed by atoms with Crippen LogP contribution in [0.1, 0.15) is 96.3 Å². The number of amides is 5. The molecule has 0 spiro atoms. The minimum atomic E-state index is -1.09. The Kier molecular flexibility index (Phi) is 32.3. The Morgan fingerprint density at radius 3 is 1.50 bits per heavy atom. The number of aromatic hydroxyl groups is 1. The molecule has 13 aromatic heterocycles. The van der Waals surface area contributed by atoms with E-state index in [1.165, 1.54) is 31.1 Å². The number of primary amides is 1. The summed E-state index contributed by atoms with van der Waals surface area (Å²) >= 11 is 31.9. The number of carbonyl (C=O) groups is 6. The van der Waals surface area contributed by atoms with Crippen molar-refractivity contribution in [2.24, 2.45) is 11.7 Å². The molecule has 6 aromatic carbocycles. The number of aromatic amines is 3. The Labute approximate surface area is 843 Å². The lowest BCUT2D eigenvalue weighted by Gasteiger charge is -2.11. The van der Waals surface area contributed by atoms with Crippen molar-refractivity contribution in [3.05, 3.63) is 352 Å². The molecule has 0 fully saturated rings. The number of H-pyrrole nitrogens is 3. The first-order valence-electron chi connectivity index (χ1n) is 44.5. The summed E-state index contributed by atoms with van der Waals surface area (Å²) in [4.78, 5) is 108.